The molecule has 1 atom stereocenters. The number of amides is 1. The maximum absolute atomic E-state index is 13.7. The molecule has 2 aromatic rings. The van der Waals surface area contributed by atoms with Gasteiger partial charge in [0.15, 0.2) is 11.6 Å². The fourth-order valence-electron chi connectivity index (χ4n) is 2.43. The average Bonchev–Trinajstić information content (AvgIpc) is 2.59. The van der Waals surface area contributed by atoms with E-state index in [2.05, 4.69) is 5.32 Å². The average molecular weight is 351 g/mol. The van der Waals surface area contributed by atoms with E-state index in [0.29, 0.717) is 6.42 Å². The first-order chi connectivity index (χ1) is 11.9. The third-order valence-corrected chi connectivity index (χ3v) is 3.86. The number of alkyl halides is 2. The number of ether oxygens (including phenoxy) is 1. The molecular formula is C19H20F3NO2. The standard InChI is InChI=1S/C19H20F3NO2/c1-12-3-5-13(6-4-12)7-10-17(24)23-18(19(21)22)14-8-9-16(25-2)15(20)11-14/h3-6,8-9,11,18-19H,7,10H2,1-2H3,(H,23,24). The molecule has 0 aromatic heterocycles. The molecule has 134 valence electrons. The lowest BCUT2D eigenvalue weighted by Crippen LogP contribution is -2.33. The van der Waals surface area contributed by atoms with E-state index >= 15 is 0 Å². The first-order valence-electron chi connectivity index (χ1n) is 7.87. The predicted octanol–water partition coefficient (Wildman–Crippen LogP) is 4.20. The summed E-state index contributed by atoms with van der Waals surface area (Å²) in [7, 11) is 1.29. The second-order valence-corrected chi connectivity index (χ2v) is 5.76. The quantitative estimate of drug-likeness (QED) is 0.812. The van der Waals surface area contributed by atoms with Crippen LogP contribution in [0.15, 0.2) is 42.5 Å². The maximum Gasteiger partial charge on any atom is 0.262 e. The van der Waals surface area contributed by atoms with Crippen molar-refractivity contribution in [3.8, 4) is 5.75 Å². The molecule has 6 heteroatoms. The van der Waals surface area contributed by atoms with Gasteiger partial charge < -0.3 is 10.1 Å². The Bertz CT molecular complexity index is 717. The number of benzene rings is 2. The lowest BCUT2D eigenvalue weighted by atomic mass is 10.0. The lowest BCUT2D eigenvalue weighted by Gasteiger charge is -2.19. The molecule has 0 aliphatic heterocycles. The number of hydrogen-bond donors (Lipinski definition) is 1. The second-order valence-electron chi connectivity index (χ2n) is 5.76. The number of hydrogen-bond acceptors (Lipinski definition) is 2. The predicted molar refractivity (Wildman–Crippen MR) is 89.3 cm³/mol. The summed E-state index contributed by atoms with van der Waals surface area (Å²) in [5.41, 5.74) is 2.05. The summed E-state index contributed by atoms with van der Waals surface area (Å²) in [5.74, 6) is -1.30. The molecule has 2 aromatic carbocycles. The van der Waals surface area contributed by atoms with Gasteiger partial charge in [0.05, 0.1) is 7.11 Å². The van der Waals surface area contributed by atoms with Crippen LogP contribution in [0.4, 0.5) is 13.2 Å². The number of rotatable bonds is 7. The molecule has 0 heterocycles. The molecule has 0 aliphatic rings. The molecule has 0 saturated carbocycles. The molecule has 0 aliphatic carbocycles. The van der Waals surface area contributed by atoms with Gasteiger partial charge in [-0.05, 0) is 36.6 Å². The summed E-state index contributed by atoms with van der Waals surface area (Å²) in [6.45, 7) is 1.96. The van der Waals surface area contributed by atoms with Crippen LogP contribution in [0.25, 0.3) is 0 Å². The minimum atomic E-state index is -2.85. The van der Waals surface area contributed by atoms with Crippen molar-refractivity contribution in [1.82, 2.24) is 5.32 Å². The Balaban J connectivity index is 2.01. The molecule has 0 spiro atoms. The van der Waals surface area contributed by atoms with Gasteiger partial charge >= 0.3 is 0 Å². The zero-order chi connectivity index (χ0) is 18.4. The zero-order valence-corrected chi connectivity index (χ0v) is 14.1. The van der Waals surface area contributed by atoms with Crippen molar-refractivity contribution in [1.29, 1.82) is 0 Å². The minimum absolute atomic E-state index is 0.00279. The van der Waals surface area contributed by atoms with Crippen molar-refractivity contribution >= 4 is 5.91 Å². The first-order valence-corrected chi connectivity index (χ1v) is 7.87. The highest BCUT2D eigenvalue weighted by molar-refractivity contribution is 5.76. The fourth-order valence-corrected chi connectivity index (χ4v) is 2.43. The third kappa shape index (κ3) is 5.24. The van der Waals surface area contributed by atoms with Gasteiger partial charge in [0, 0.05) is 6.42 Å². The molecule has 0 radical (unpaired) electrons. The summed E-state index contributed by atoms with van der Waals surface area (Å²) in [6, 6.07) is 9.61. The van der Waals surface area contributed by atoms with Crippen molar-refractivity contribution < 1.29 is 22.7 Å². The van der Waals surface area contributed by atoms with E-state index < -0.39 is 24.2 Å². The van der Waals surface area contributed by atoms with Crippen LogP contribution in [0, 0.1) is 12.7 Å². The lowest BCUT2D eigenvalue weighted by molar-refractivity contribution is -0.123. The second kappa shape index (κ2) is 8.55. The van der Waals surface area contributed by atoms with Gasteiger partial charge in [-0.3, -0.25) is 4.79 Å². The van der Waals surface area contributed by atoms with Gasteiger partial charge in [-0.15, -0.1) is 0 Å². The van der Waals surface area contributed by atoms with Gasteiger partial charge in [-0.1, -0.05) is 35.9 Å². The molecule has 1 amide bonds. The Morgan fingerprint density at radius 1 is 1.16 bits per heavy atom. The summed E-state index contributed by atoms with van der Waals surface area (Å²) in [6.07, 6.45) is -2.33. The van der Waals surface area contributed by atoms with Crippen LogP contribution >= 0.6 is 0 Å². The van der Waals surface area contributed by atoms with Crippen molar-refractivity contribution in [3.63, 3.8) is 0 Å². The van der Waals surface area contributed by atoms with E-state index in [1.165, 1.54) is 19.2 Å². The Hall–Kier alpha value is -2.50. The summed E-state index contributed by atoms with van der Waals surface area (Å²) in [5, 5.41) is 2.28. The highest BCUT2D eigenvalue weighted by Gasteiger charge is 2.25. The summed E-state index contributed by atoms with van der Waals surface area (Å²) < 4.78 is 45.1. The summed E-state index contributed by atoms with van der Waals surface area (Å²) in [4.78, 5) is 12.0. The number of methoxy groups -OCH3 is 1. The Morgan fingerprint density at radius 2 is 1.84 bits per heavy atom. The van der Waals surface area contributed by atoms with Crippen molar-refractivity contribution in [2.75, 3.05) is 7.11 Å². The van der Waals surface area contributed by atoms with Crippen molar-refractivity contribution in [2.24, 2.45) is 0 Å². The molecule has 0 bridgehead atoms. The van der Waals surface area contributed by atoms with E-state index in [1.54, 1.807) is 0 Å². The topological polar surface area (TPSA) is 38.3 Å². The van der Waals surface area contributed by atoms with Crippen LogP contribution in [0.2, 0.25) is 0 Å². The maximum atomic E-state index is 13.7. The summed E-state index contributed by atoms with van der Waals surface area (Å²) >= 11 is 0. The van der Waals surface area contributed by atoms with Gasteiger partial charge in [0.2, 0.25) is 5.91 Å². The minimum Gasteiger partial charge on any atom is -0.494 e. The van der Waals surface area contributed by atoms with Crippen LogP contribution in [-0.4, -0.2) is 19.4 Å². The Morgan fingerprint density at radius 3 is 2.40 bits per heavy atom. The van der Waals surface area contributed by atoms with Crippen LogP contribution in [0.5, 0.6) is 5.75 Å². The molecule has 25 heavy (non-hydrogen) atoms. The number of nitrogens with one attached hydrogen (secondary N) is 1. The van der Waals surface area contributed by atoms with Crippen LogP contribution in [-0.2, 0) is 11.2 Å². The van der Waals surface area contributed by atoms with Gasteiger partial charge in [0.1, 0.15) is 6.04 Å². The van der Waals surface area contributed by atoms with E-state index in [9.17, 15) is 18.0 Å². The fraction of sp³-hybridized carbons (Fsp3) is 0.316. The van der Waals surface area contributed by atoms with Gasteiger partial charge in [-0.2, -0.15) is 0 Å². The normalized spacial score (nSPS) is 12.1. The van der Waals surface area contributed by atoms with Gasteiger partial charge in [0.25, 0.3) is 6.43 Å². The van der Waals surface area contributed by atoms with E-state index in [-0.39, 0.29) is 17.7 Å². The Kier molecular flexibility index (Phi) is 6.44. The SMILES string of the molecule is COc1ccc(C(NC(=O)CCc2ccc(C)cc2)C(F)F)cc1F. The molecular weight excluding hydrogens is 331 g/mol. The van der Waals surface area contributed by atoms with Crippen LogP contribution in [0.1, 0.15) is 29.2 Å². The van der Waals surface area contributed by atoms with E-state index in [1.807, 2.05) is 31.2 Å². The zero-order valence-electron chi connectivity index (χ0n) is 14.1. The van der Waals surface area contributed by atoms with Crippen molar-refractivity contribution in [3.05, 3.63) is 65.0 Å². The van der Waals surface area contributed by atoms with E-state index in [0.717, 1.165) is 17.2 Å². The van der Waals surface area contributed by atoms with Crippen LogP contribution < -0.4 is 10.1 Å². The first kappa shape index (κ1) is 18.8. The highest BCUT2D eigenvalue weighted by Crippen LogP contribution is 2.26. The smallest absolute Gasteiger partial charge is 0.262 e. The van der Waals surface area contributed by atoms with Gasteiger partial charge in [-0.25, -0.2) is 13.2 Å². The van der Waals surface area contributed by atoms with E-state index in [4.69, 9.17) is 4.74 Å². The Labute approximate surface area is 144 Å². The third-order valence-electron chi connectivity index (χ3n) is 3.86. The number of halogens is 3. The molecule has 1 unspecified atom stereocenters. The molecule has 0 fully saturated rings. The van der Waals surface area contributed by atoms with Crippen LogP contribution in [0.3, 0.4) is 0 Å². The highest BCUT2D eigenvalue weighted by atomic mass is 19.3. The number of aryl methyl sites for hydroxylation is 2. The molecule has 3 nitrogen and oxygen atoms in total. The van der Waals surface area contributed by atoms with Crippen molar-refractivity contribution in [2.45, 2.75) is 32.2 Å². The molecule has 0 saturated heterocycles. The molecule has 1 N–H and O–H groups in total. The largest absolute Gasteiger partial charge is 0.494 e. The molecule has 2 rings (SSSR count). The monoisotopic (exact) mass is 351 g/mol. The number of carbonyl (C=O) groups is 1. The number of carbonyl (C=O) groups excluding carboxylic acids is 1.